The van der Waals surface area contributed by atoms with E-state index in [-0.39, 0.29) is 0 Å². The molecule has 0 spiro atoms. The van der Waals surface area contributed by atoms with Gasteiger partial charge in [0.25, 0.3) is 5.91 Å². The Morgan fingerprint density at radius 3 is 2.36 bits per heavy atom. The Hall–Kier alpha value is -3.48. The highest BCUT2D eigenvalue weighted by atomic mass is 16.5. The first kappa shape index (κ1) is 20.8. The molecule has 0 heterocycles. The van der Waals surface area contributed by atoms with E-state index in [1.807, 2.05) is 0 Å². The maximum Gasteiger partial charge on any atom is 0.331 e. The van der Waals surface area contributed by atoms with Crippen LogP contribution in [-0.2, 0) is 14.3 Å². The van der Waals surface area contributed by atoms with Crippen LogP contribution >= 0.6 is 0 Å². The Morgan fingerprint density at radius 2 is 1.68 bits per heavy atom. The van der Waals surface area contributed by atoms with E-state index in [9.17, 15) is 9.59 Å². The van der Waals surface area contributed by atoms with Crippen molar-refractivity contribution in [1.82, 2.24) is 0 Å². The van der Waals surface area contributed by atoms with Crippen molar-refractivity contribution in [3.63, 3.8) is 0 Å². The maximum absolute atomic E-state index is 12.2. The van der Waals surface area contributed by atoms with Crippen LogP contribution in [0.3, 0.4) is 0 Å². The van der Waals surface area contributed by atoms with Gasteiger partial charge in [-0.25, -0.2) is 4.79 Å². The van der Waals surface area contributed by atoms with E-state index < -0.39 is 18.0 Å². The third-order valence-corrected chi connectivity index (χ3v) is 3.84. The lowest BCUT2D eigenvalue weighted by atomic mass is 10.1. The van der Waals surface area contributed by atoms with Crippen LogP contribution < -0.4 is 19.5 Å². The summed E-state index contributed by atoms with van der Waals surface area (Å²) in [4.78, 5) is 24.2. The Balaban J connectivity index is 1.96. The highest BCUT2D eigenvalue weighted by molar-refractivity contribution is 5.96. The van der Waals surface area contributed by atoms with E-state index in [2.05, 4.69) is 5.32 Å². The predicted octanol–water partition coefficient (Wildman–Crippen LogP) is 3.30. The van der Waals surface area contributed by atoms with Crippen molar-refractivity contribution in [2.75, 3.05) is 26.6 Å². The third kappa shape index (κ3) is 5.77. The van der Waals surface area contributed by atoms with Crippen LogP contribution in [0.1, 0.15) is 12.5 Å². The van der Waals surface area contributed by atoms with Gasteiger partial charge in [0.2, 0.25) is 0 Å². The van der Waals surface area contributed by atoms with Gasteiger partial charge in [0.05, 0.1) is 21.3 Å². The summed E-state index contributed by atoms with van der Waals surface area (Å²) in [5.74, 6) is 0.702. The largest absolute Gasteiger partial charge is 0.497 e. The summed E-state index contributed by atoms with van der Waals surface area (Å²) in [5.41, 5.74) is 1.22. The van der Waals surface area contributed by atoms with Crippen molar-refractivity contribution in [2.45, 2.75) is 13.0 Å². The number of anilines is 1. The molecule has 0 bridgehead atoms. The van der Waals surface area contributed by atoms with Crippen LogP contribution in [0.25, 0.3) is 6.08 Å². The fourth-order valence-electron chi connectivity index (χ4n) is 2.33. The Labute approximate surface area is 163 Å². The van der Waals surface area contributed by atoms with Crippen molar-refractivity contribution in [2.24, 2.45) is 0 Å². The number of rotatable bonds is 8. The lowest BCUT2D eigenvalue weighted by Crippen LogP contribution is -2.29. The summed E-state index contributed by atoms with van der Waals surface area (Å²) in [5, 5.41) is 2.67. The summed E-state index contributed by atoms with van der Waals surface area (Å²) >= 11 is 0. The molecule has 1 amide bonds. The second-order valence-electron chi connectivity index (χ2n) is 5.74. The molecule has 0 fully saturated rings. The molecule has 2 rings (SSSR count). The maximum atomic E-state index is 12.2. The molecule has 148 valence electrons. The monoisotopic (exact) mass is 385 g/mol. The molecule has 0 saturated carbocycles. The van der Waals surface area contributed by atoms with Crippen LogP contribution in [-0.4, -0.2) is 39.3 Å². The lowest BCUT2D eigenvalue weighted by molar-refractivity contribution is -0.148. The van der Waals surface area contributed by atoms with Gasteiger partial charge in [0.1, 0.15) is 17.2 Å². The topological polar surface area (TPSA) is 83.1 Å². The second kappa shape index (κ2) is 10.0. The molecule has 2 aromatic carbocycles. The average molecular weight is 385 g/mol. The highest BCUT2D eigenvalue weighted by Gasteiger charge is 2.17. The zero-order valence-corrected chi connectivity index (χ0v) is 16.2. The minimum atomic E-state index is -0.971. The number of amides is 1. The summed E-state index contributed by atoms with van der Waals surface area (Å²) in [6, 6.07) is 12.1. The number of ether oxygens (including phenoxy) is 4. The van der Waals surface area contributed by atoms with E-state index in [4.69, 9.17) is 18.9 Å². The van der Waals surface area contributed by atoms with Crippen LogP contribution in [0.2, 0.25) is 0 Å². The van der Waals surface area contributed by atoms with Crippen LogP contribution in [0.15, 0.2) is 48.5 Å². The van der Waals surface area contributed by atoms with Gasteiger partial charge in [-0.15, -0.1) is 0 Å². The number of carbonyl (C=O) groups excluding carboxylic acids is 2. The number of hydrogen-bond acceptors (Lipinski definition) is 6. The molecule has 0 saturated heterocycles. The lowest BCUT2D eigenvalue weighted by Gasteiger charge is -2.13. The fraction of sp³-hybridized carbons (Fsp3) is 0.238. The minimum Gasteiger partial charge on any atom is -0.497 e. The Bertz CT molecular complexity index is 862. The summed E-state index contributed by atoms with van der Waals surface area (Å²) in [6.45, 7) is 1.50. The number of esters is 1. The van der Waals surface area contributed by atoms with Gasteiger partial charge >= 0.3 is 5.97 Å². The van der Waals surface area contributed by atoms with Gasteiger partial charge in [-0.3, -0.25) is 4.79 Å². The van der Waals surface area contributed by atoms with Gasteiger partial charge < -0.3 is 24.3 Å². The van der Waals surface area contributed by atoms with Gasteiger partial charge in [-0.2, -0.15) is 0 Å². The predicted molar refractivity (Wildman–Crippen MR) is 106 cm³/mol. The average Bonchev–Trinajstić information content (AvgIpc) is 2.72. The number of hydrogen-bond donors (Lipinski definition) is 1. The molecule has 0 aliphatic rings. The Morgan fingerprint density at radius 1 is 0.964 bits per heavy atom. The molecule has 0 radical (unpaired) electrons. The molecule has 28 heavy (non-hydrogen) atoms. The first-order chi connectivity index (χ1) is 13.5. The number of methoxy groups -OCH3 is 3. The van der Waals surface area contributed by atoms with Crippen molar-refractivity contribution in [3.05, 3.63) is 54.1 Å². The molecule has 0 aromatic heterocycles. The van der Waals surface area contributed by atoms with Crippen LogP contribution in [0.5, 0.6) is 17.2 Å². The normalized spacial score (nSPS) is 11.6. The zero-order chi connectivity index (χ0) is 20.5. The molecule has 1 atom stereocenters. The van der Waals surface area contributed by atoms with Gasteiger partial charge in [0, 0.05) is 29.5 Å². The molecule has 0 aliphatic heterocycles. The Kier molecular flexibility index (Phi) is 7.45. The highest BCUT2D eigenvalue weighted by Crippen LogP contribution is 2.25. The summed E-state index contributed by atoms with van der Waals surface area (Å²) in [6.07, 6.45) is 1.81. The molecule has 7 heteroatoms. The standard InChI is InChI=1S/C21H23NO6/c1-14(21(24)22-16-6-5-7-17(12-16)25-2)28-20(23)11-9-15-8-10-18(26-3)13-19(15)27-4/h5-14H,1-4H3,(H,22,24)/b11-9+/t14-/m0/s1. The SMILES string of the molecule is COc1cccc(NC(=O)[C@H](C)OC(=O)/C=C/c2ccc(OC)cc2OC)c1. The quantitative estimate of drug-likeness (QED) is 0.555. The second-order valence-corrected chi connectivity index (χ2v) is 5.74. The fourth-order valence-corrected chi connectivity index (χ4v) is 2.33. The third-order valence-electron chi connectivity index (χ3n) is 3.84. The first-order valence-corrected chi connectivity index (χ1v) is 8.52. The molecular formula is C21H23NO6. The zero-order valence-electron chi connectivity index (χ0n) is 16.2. The van der Waals surface area contributed by atoms with E-state index in [1.165, 1.54) is 27.2 Å². The smallest absolute Gasteiger partial charge is 0.331 e. The van der Waals surface area contributed by atoms with Gasteiger partial charge in [-0.05, 0) is 37.3 Å². The number of nitrogens with one attached hydrogen (secondary N) is 1. The van der Waals surface area contributed by atoms with E-state index >= 15 is 0 Å². The van der Waals surface area contributed by atoms with Crippen molar-refractivity contribution >= 4 is 23.6 Å². The molecule has 2 aromatic rings. The van der Waals surface area contributed by atoms with Crippen molar-refractivity contribution < 1.29 is 28.5 Å². The number of benzene rings is 2. The number of carbonyl (C=O) groups is 2. The van der Waals surface area contributed by atoms with E-state index in [1.54, 1.807) is 55.7 Å². The molecule has 0 unspecified atom stereocenters. The van der Waals surface area contributed by atoms with E-state index in [0.29, 0.717) is 28.5 Å². The van der Waals surface area contributed by atoms with Crippen LogP contribution in [0, 0.1) is 0 Å². The van der Waals surface area contributed by atoms with Crippen molar-refractivity contribution in [1.29, 1.82) is 0 Å². The van der Waals surface area contributed by atoms with Crippen LogP contribution in [0.4, 0.5) is 5.69 Å². The van der Waals surface area contributed by atoms with Crippen molar-refractivity contribution in [3.8, 4) is 17.2 Å². The molecular weight excluding hydrogens is 362 g/mol. The molecule has 0 aliphatic carbocycles. The van der Waals surface area contributed by atoms with Gasteiger partial charge in [0.15, 0.2) is 6.10 Å². The summed E-state index contributed by atoms with van der Waals surface area (Å²) in [7, 11) is 4.62. The first-order valence-electron chi connectivity index (χ1n) is 8.52. The summed E-state index contributed by atoms with van der Waals surface area (Å²) < 4.78 is 20.7. The molecule has 1 N–H and O–H groups in total. The molecule has 7 nitrogen and oxygen atoms in total. The van der Waals surface area contributed by atoms with E-state index in [0.717, 1.165) is 0 Å². The van der Waals surface area contributed by atoms with Gasteiger partial charge in [-0.1, -0.05) is 6.07 Å². The minimum absolute atomic E-state index is 0.447.